The van der Waals surface area contributed by atoms with Gasteiger partial charge in [0.1, 0.15) is 0 Å². The molecule has 0 spiro atoms. The molecule has 1 atom stereocenters. The summed E-state index contributed by atoms with van der Waals surface area (Å²) in [6.45, 7) is 5.55. The van der Waals surface area contributed by atoms with Gasteiger partial charge in [-0.2, -0.15) is 13.2 Å². The zero-order valence-corrected chi connectivity index (χ0v) is 14.1. The molecule has 0 bridgehead atoms. The predicted octanol–water partition coefficient (Wildman–Crippen LogP) is 3.46. The first-order valence-corrected chi connectivity index (χ1v) is 7.96. The van der Waals surface area contributed by atoms with E-state index in [0.717, 1.165) is 16.7 Å². The van der Waals surface area contributed by atoms with Crippen molar-refractivity contribution in [3.8, 4) is 0 Å². The van der Waals surface area contributed by atoms with Crippen molar-refractivity contribution in [2.75, 3.05) is 13.1 Å². The van der Waals surface area contributed by atoms with Crippen molar-refractivity contribution >= 4 is 6.03 Å². The van der Waals surface area contributed by atoms with Gasteiger partial charge in [-0.3, -0.25) is 0 Å². The van der Waals surface area contributed by atoms with E-state index in [4.69, 9.17) is 0 Å². The topological polar surface area (TPSA) is 52.6 Å². The Kier molecular flexibility index (Phi) is 5.13. The summed E-state index contributed by atoms with van der Waals surface area (Å²) in [4.78, 5) is 13.6. The summed E-state index contributed by atoms with van der Waals surface area (Å²) >= 11 is 0. The van der Waals surface area contributed by atoms with E-state index in [1.165, 1.54) is 4.90 Å². The number of piperidine rings is 1. The summed E-state index contributed by atoms with van der Waals surface area (Å²) in [6, 6.07) is 5.15. The van der Waals surface area contributed by atoms with Crippen molar-refractivity contribution < 1.29 is 23.1 Å². The maximum Gasteiger partial charge on any atom is 0.417 e. The van der Waals surface area contributed by atoms with E-state index in [-0.39, 0.29) is 19.1 Å². The molecule has 0 aliphatic carbocycles. The number of hydrogen-bond donors (Lipinski definition) is 2. The van der Waals surface area contributed by atoms with Crippen LogP contribution in [0.4, 0.5) is 18.0 Å². The third-order valence-electron chi connectivity index (χ3n) is 4.86. The highest BCUT2D eigenvalue weighted by atomic mass is 19.4. The lowest BCUT2D eigenvalue weighted by Gasteiger charge is -2.39. The van der Waals surface area contributed by atoms with Crippen LogP contribution >= 0.6 is 0 Å². The van der Waals surface area contributed by atoms with Crippen molar-refractivity contribution in [2.45, 2.75) is 51.4 Å². The SMILES string of the molecule is Cc1cccc(C(C)NC(=O)N2CCC(O)(C(F)(F)F)CC2)c1C. The highest BCUT2D eigenvalue weighted by Gasteiger charge is 2.54. The Morgan fingerprint density at radius 1 is 1.29 bits per heavy atom. The number of aliphatic hydroxyl groups is 1. The number of nitrogens with zero attached hydrogens (tertiary/aromatic N) is 1. The van der Waals surface area contributed by atoms with Crippen LogP contribution in [0.1, 0.15) is 42.5 Å². The molecule has 1 saturated heterocycles. The Bertz CT molecular complexity index is 608. The molecule has 0 aromatic heterocycles. The Hall–Kier alpha value is -1.76. The third kappa shape index (κ3) is 3.66. The van der Waals surface area contributed by atoms with Gasteiger partial charge in [-0.25, -0.2) is 4.79 Å². The molecule has 134 valence electrons. The molecule has 0 saturated carbocycles. The number of carbonyl (C=O) groups excluding carboxylic acids is 1. The molecule has 1 aliphatic heterocycles. The number of carbonyl (C=O) groups is 1. The lowest BCUT2D eigenvalue weighted by atomic mass is 9.91. The minimum atomic E-state index is -4.67. The molecule has 0 radical (unpaired) electrons. The maximum atomic E-state index is 12.8. The lowest BCUT2D eigenvalue weighted by molar-refractivity contribution is -0.271. The summed E-state index contributed by atoms with van der Waals surface area (Å²) in [6.07, 6.45) is -5.66. The number of rotatable bonds is 2. The minimum absolute atomic E-state index is 0.124. The van der Waals surface area contributed by atoms with Gasteiger partial charge in [-0.15, -0.1) is 0 Å². The third-order valence-corrected chi connectivity index (χ3v) is 4.86. The van der Waals surface area contributed by atoms with Gasteiger partial charge in [-0.1, -0.05) is 18.2 Å². The summed E-state index contributed by atoms with van der Waals surface area (Å²) in [5.74, 6) is 0. The van der Waals surface area contributed by atoms with Gasteiger partial charge in [0.15, 0.2) is 5.60 Å². The average molecular weight is 344 g/mol. The van der Waals surface area contributed by atoms with E-state index < -0.39 is 30.7 Å². The quantitative estimate of drug-likeness (QED) is 0.863. The second-order valence-electron chi connectivity index (χ2n) is 6.48. The molecule has 1 aromatic carbocycles. The van der Waals surface area contributed by atoms with Gasteiger partial charge in [-0.05, 0) is 37.5 Å². The molecule has 7 heteroatoms. The smallest absolute Gasteiger partial charge is 0.380 e. The van der Waals surface area contributed by atoms with Gasteiger partial charge < -0.3 is 15.3 Å². The molecule has 1 fully saturated rings. The maximum absolute atomic E-state index is 12.8. The fraction of sp³-hybridized carbons (Fsp3) is 0.588. The van der Waals surface area contributed by atoms with Gasteiger partial charge in [0, 0.05) is 25.9 Å². The number of likely N-dealkylation sites (tertiary alicyclic amines) is 1. The molecular weight excluding hydrogens is 321 g/mol. The van der Waals surface area contributed by atoms with Crippen LogP contribution in [0, 0.1) is 13.8 Å². The van der Waals surface area contributed by atoms with Gasteiger partial charge in [0.05, 0.1) is 6.04 Å². The second-order valence-corrected chi connectivity index (χ2v) is 6.48. The molecule has 4 nitrogen and oxygen atoms in total. The zero-order chi connectivity index (χ0) is 18.1. The zero-order valence-electron chi connectivity index (χ0n) is 14.1. The fourth-order valence-electron chi connectivity index (χ4n) is 2.96. The van der Waals surface area contributed by atoms with E-state index in [0.29, 0.717) is 0 Å². The summed E-state index contributed by atoms with van der Waals surface area (Å²) in [5.41, 5.74) is 0.479. The molecule has 1 heterocycles. The number of halogens is 3. The predicted molar refractivity (Wildman–Crippen MR) is 84.7 cm³/mol. The number of alkyl halides is 3. The van der Waals surface area contributed by atoms with E-state index >= 15 is 0 Å². The Labute approximate surface area is 139 Å². The Balaban J connectivity index is 1.98. The van der Waals surface area contributed by atoms with Crippen LogP contribution < -0.4 is 5.32 Å². The lowest BCUT2D eigenvalue weighted by Crippen LogP contribution is -2.56. The second kappa shape index (κ2) is 6.63. The first-order chi connectivity index (χ1) is 11.0. The first-order valence-electron chi connectivity index (χ1n) is 7.96. The van der Waals surface area contributed by atoms with Crippen LogP contribution in [0.25, 0.3) is 0 Å². The van der Waals surface area contributed by atoms with Crippen LogP contribution in [0.15, 0.2) is 18.2 Å². The number of nitrogens with one attached hydrogen (secondary N) is 1. The molecule has 1 aliphatic rings. The summed E-state index contributed by atoms with van der Waals surface area (Å²) in [7, 11) is 0. The highest BCUT2D eigenvalue weighted by molar-refractivity contribution is 5.75. The molecule has 2 N–H and O–H groups in total. The van der Waals surface area contributed by atoms with Crippen molar-refractivity contribution in [2.24, 2.45) is 0 Å². The van der Waals surface area contributed by atoms with Crippen LogP contribution in [0.2, 0.25) is 0 Å². The minimum Gasteiger partial charge on any atom is -0.380 e. The highest BCUT2D eigenvalue weighted by Crippen LogP contribution is 2.38. The van der Waals surface area contributed by atoms with E-state index in [2.05, 4.69) is 5.32 Å². The molecule has 24 heavy (non-hydrogen) atoms. The van der Waals surface area contributed by atoms with Gasteiger partial charge in [0.25, 0.3) is 0 Å². The Morgan fingerprint density at radius 2 is 1.88 bits per heavy atom. The Morgan fingerprint density at radius 3 is 2.42 bits per heavy atom. The normalized spacial score (nSPS) is 19.0. The number of urea groups is 1. The van der Waals surface area contributed by atoms with Crippen LogP contribution in [-0.2, 0) is 0 Å². The van der Waals surface area contributed by atoms with Crippen molar-refractivity contribution in [1.29, 1.82) is 0 Å². The number of amides is 2. The van der Waals surface area contributed by atoms with Gasteiger partial charge >= 0.3 is 12.2 Å². The average Bonchev–Trinajstić information content (AvgIpc) is 2.49. The first kappa shape index (κ1) is 18.6. The molecule has 2 rings (SSSR count). The van der Waals surface area contributed by atoms with Crippen LogP contribution in [0.3, 0.4) is 0 Å². The van der Waals surface area contributed by atoms with E-state index in [1.807, 2.05) is 39.0 Å². The molecular formula is C17H23F3N2O2. The standard InChI is InChI=1S/C17H23F3N2O2/c1-11-5-4-6-14(12(11)2)13(3)21-15(23)22-9-7-16(24,8-10-22)17(18,19)20/h4-6,13,24H,7-10H2,1-3H3,(H,21,23). The van der Waals surface area contributed by atoms with Crippen LogP contribution in [-0.4, -0.2) is 40.9 Å². The summed E-state index contributed by atoms with van der Waals surface area (Å²) in [5, 5.41) is 12.5. The molecule has 1 unspecified atom stereocenters. The van der Waals surface area contributed by atoms with Crippen molar-refractivity contribution in [3.63, 3.8) is 0 Å². The van der Waals surface area contributed by atoms with Crippen molar-refractivity contribution in [3.05, 3.63) is 34.9 Å². The van der Waals surface area contributed by atoms with Gasteiger partial charge in [0.2, 0.25) is 0 Å². The number of benzene rings is 1. The number of hydrogen-bond acceptors (Lipinski definition) is 2. The van der Waals surface area contributed by atoms with E-state index in [9.17, 15) is 23.1 Å². The van der Waals surface area contributed by atoms with Crippen molar-refractivity contribution in [1.82, 2.24) is 10.2 Å². The largest absolute Gasteiger partial charge is 0.417 e. The van der Waals surface area contributed by atoms with E-state index in [1.54, 1.807) is 0 Å². The monoisotopic (exact) mass is 344 g/mol. The van der Waals surface area contributed by atoms with Crippen LogP contribution in [0.5, 0.6) is 0 Å². The fourth-order valence-corrected chi connectivity index (χ4v) is 2.96. The molecule has 1 aromatic rings. The molecule has 2 amide bonds. The summed E-state index contributed by atoms with van der Waals surface area (Å²) < 4.78 is 38.4. The number of aryl methyl sites for hydroxylation is 1.